The molecule has 136 valence electrons. The minimum Gasteiger partial charge on any atom is -0.487 e. The standard InChI is InChI=1S/C18H18FN3O4/c1-24-18(23)17-16(21)11(9-20)10-22(17)12-2-3-15(14(19)8-12)26-13-4-6-25-7-5-13/h2-3,8,10,13H,4-7,21H2,1H3. The normalized spacial score (nSPS) is 14.7. The molecular weight excluding hydrogens is 341 g/mol. The molecule has 0 unspecified atom stereocenters. The highest BCUT2D eigenvalue weighted by atomic mass is 19.1. The molecular formula is C18H18FN3O4. The van der Waals surface area contributed by atoms with Crippen LogP contribution in [0.25, 0.3) is 5.69 Å². The van der Waals surface area contributed by atoms with Gasteiger partial charge in [-0.15, -0.1) is 0 Å². The fraction of sp³-hybridized carbons (Fsp3) is 0.333. The van der Waals surface area contributed by atoms with Crippen LogP contribution in [-0.4, -0.2) is 37.0 Å². The summed E-state index contributed by atoms with van der Waals surface area (Å²) in [5.74, 6) is -1.16. The minimum absolute atomic E-state index is 0.0118. The number of ether oxygens (including phenoxy) is 3. The highest BCUT2D eigenvalue weighted by molar-refractivity contribution is 5.95. The predicted molar refractivity (Wildman–Crippen MR) is 90.7 cm³/mol. The fourth-order valence-electron chi connectivity index (χ4n) is 2.83. The molecule has 0 radical (unpaired) electrons. The third-order valence-electron chi connectivity index (χ3n) is 4.20. The van der Waals surface area contributed by atoms with Crippen molar-refractivity contribution in [3.05, 3.63) is 41.5 Å². The van der Waals surface area contributed by atoms with Crippen LogP contribution in [0.4, 0.5) is 10.1 Å². The molecule has 0 spiro atoms. The number of nitriles is 1. The molecule has 8 heteroatoms. The highest BCUT2D eigenvalue weighted by Crippen LogP contribution is 2.28. The Morgan fingerprint density at radius 1 is 1.42 bits per heavy atom. The Morgan fingerprint density at radius 3 is 2.77 bits per heavy atom. The van der Waals surface area contributed by atoms with Crippen molar-refractivity contribution in [2.75, 3.05) is 26.1 Å². The molecule has 3 rings (SSSR count). The van der Waals surface area contributed by atoms with Crippen molar-refractivity contribution in [2.24, 2.45) is 0 Å². The quantitative estimate of drug-likeness (QED) is 0.842. The molecule has 1 aliphatic rings. The lowest BCUT2D eigenvalue weighted by molar-refractivity contribution is 0.0240. The van der Waals surface area contributed by atoms with Crippen LogP contribution in [0, 0.1) is 17.1 Å². The zero-order valence-corrected chi connectivity index (χ0v) is 14.2. The van der Waals surface area contributed by atoms with Gasteiger partial charge in [-0.1, -0.05) is 0 Å². The van der Waals surface area contributed by atoms with E-state index in [9.17, 15) is 9.18 Å². The van der Waals surface area contributed by atoms with Gasteiger partial charge >= 0.3 is 5.97 Å². The van der Waals surface area contributed by atoms with E-state index in [0.29, 0.717) is 31.7 Å². The Hall–Kier alpha value is -3.05. The number of aromatic nitrogens is 1. The maximum Gasteiger partial charge on any atom is 0.357 e. The van der Waals surface area contributed by atoms with E-state index in [-0.39, 0.29) is 28.8 Å². The van der Waals surface area contributed by atoms with E-state index in [1.807, 2.05) is 6.07 Å². The monoisotopic (exact) mass is 359 g/mol. The zero-order chi connectivity index (χ0) is 18.7. The van der Waals surface area contributed by atoms with E-state index in [1.165, 1.54) is 30.0 Å². The number of nitrogens with zero attached hydrogens (tertiary/aromatic N) is 2. The first-order chi connectivity index (χ1) is 12.5. The molecule has 2 heterocycles. The summed E-state index contributed by atoms with van der Waals surface area (Å²) in [6, 6.07) is 6.20. The molecule has 0 amide bonds. The number of carbonyl (C=O) groups is 1. The van der Waals surface area contributed by atoms with Crippen molar-refractivity contribution in [2.45, 2.75) is 18.9 Å². The maximum absolute atomic E-state index is 14.5. The van der Waals surface area contributed by atoms with Gasteiger partial charge in [0.15, 0.2) is 17.3 Å². The van der Waals surface area contributed by atoms with Gasteiger partial charge in [0.25, 0.3) is 0 Å². The number of hydrogen-bond acceptors (Lipinski definition) is 6. The average Bonchev–Trinajstić information content (AvgIpc) is 3.00. The second kappa shape index (κ2) is 7.45. The minimum atomic E-state index is -0.716. The molecule has 1 aliphatic heterocycles. The number of esters is 1. The summed E-state index contributed by atoms with van der Waals surface area (Å²) < 4.78 is 31.5. The van der Waals surface area contributed by atoms with Gasteiger partial charge in [-0.2, -0.15) is 5.26 Å². The predicted octanol–water partition coefficient (Wildman–Crippen LogP) is 2.41. The van der Waals surface area contributed by atoms with Gasteiger partial charge in [-0.3, -0.25) is 0 Å². The Morgan fingerprint density at radius 2 is 2.15 bits per heavy atom. The first-order valence-corrected chi connectivity index (χ1v) is 8.08. The van der Waals surface area contributed by atoms with Gasteiger partial charge in [0.1, 0.15) is 12.2 Å². The number of benzene rings is 1. The molecule has 1 aromatic heterocycles. The molecule has 1 saturated heterocycles. The number of nitrogens with two attached hydrogens (primary N) is 1. The van der Waals surface area contributed by atoms with Gasteiger partial charge in [-0.25, -0.2) is 9.18 Å². The van der Waals surface area contributed by atoms with Crippen LogP contribution in [0.5, 0.6) is 5.75 Å². The fourth-order valence-corrected chi connectivity index (χ4v) is 2.83. The van der Waals surface area contributed by atoms with E-state index < -0.39 is 11.8 Å². The summed E-state index contributed by atoms with van der Waals surface area (Å²) in [4.78, 5) is 12.0. The Bertz CT molecular complexity index is 866. The first kappa shape index (κ1) is 17.8. The molecule has 1 aromatic carbocycles. The zero-order valence-electron chi connectivity index (χ0n) is 14.2. The molecule has 1 fully saturated rings. The van der Waals surface area contributed by atoms with Gasteiger partial charge < -0.3 is 24.5 Å². The molecule has 0 bridgehead atoms. The molecule has 26 heavy (non-hydrogen) atoms. The van der Waals surface area contributed by atoms with Crippen molar-refractivity contribution in [1.29, 1.82) is 5.26 Å². The highest BCUT2D eigenvalue weighted by Gasteiger charge is 2.23. The second-order valence-electron chi connectivity index (χ2n) is 5.82. The van der Waals surface area contributed by atoms with Gasteiger partial charge in [0.05, 0.1) is 31.6 Å². The van der Waals surface area contributed by atoms with Crippen LogP contribution in [0.1, 0.15) is 28.9 Å². The SMILES string of the molecule is COC(=O)c1c(N)c(C#N)cn1-c1ccc(OC2CCOCC2)c(F)c1. The second-order valence-corrected chi connectivity index (χ2v) is 5.82. The average molecular weight is 359 g/mol. The maximum atomic E-state index is 14.5. The van der Waals surface area contributed by atoms with Crippen molar-refractivity contribution in [1.82, 2.24) is 4.57 Å². The number of anilines is 1. The third-order valence-corrected chi connectivity index (χ3v) is 4.20. The van der Waals surface area contributed by atoms with Crippen LogP contribution < -0.4 is 10.5 Å². The summed E-state index contributed by atoms with van der Waals surface area (Å²) in [6.07, 6.45) is 2.68. The van der Waals surface area contributed by atoms with Gasteiger partial charge in [0.2, 0.25) is 0 Å². The Kier molecular flexibility index (Phi) is 5.09. The Balaban J connectivity index is 1.94. The summed E-state index contributed by atoms with van der Waals surface area (Å²) in [7, 11) is 1.20. The van der Waals surface area contributed by atoms with Crippen molar-refractivity contribution in [3.63, 3.8) is 0 Å². The molecule has 7 nitrogen and oxygen atoms in total. The number of hydrogen-bond donors (Lipinski definition) is 1. The number of rotatable bonds is 4. The summed E-state index contributed by atoms with van der Waals surface area (Å²) in [5, 5.41) is 9.14. The number of halogens is 1. The largest absolute Gasteiger partial charge is 0.487 e. The molecule has 2 N–H and O–H groups in total. The molecule has 0 atom stereocenters. The Labute approximate surface area is 149 Å². The van der Waals surface area contributed by atoms with Crippen LogP contribution in [0.15, 0.2) is 24.4 Å². The van der Waals surface area contributed by atoms with Crippen molar-refractivity contribution < 1.29 is 23.4 Å². The lowest BCUT2D eigenvalue weighted by Gasteiger charge is -2.23. The lowest BCUT2D eigenvalue weighted by Crippen LogP contribution is -2.26. The lowest BCUT2D eigenvalue weighted by atomic mass is 10.1. The summed E-state index contributed by atoms with van der Waals surface area (Å²) >= 11 is 0. The van der Waals surface area contributed by atoms with E-state index in [2.05, 4.69) is 0 Å². The van der Waals surface area contributed by atoms with E-state index >= 15 is 0 Å². The van der Waals surface area contributed by atoms with E-state index in [1.54, 1.807) is 6.07 Å². The number of nitrogen functional groups attached to an aromatic ring is 1. The molecule has 0 aliphatic carbocycles. The number of methoxy groups -OCH3 is 1. The first-order valence-electron chi connectivity index (χ1n) is 8.08. The van der Waals surface area contributed by atoms with Crippen LogP contribution in [-0.2, 0) is 9.47 Å². The van der Waals surface area contributed by atoms with Crippen molar-refractivity contribution >= 4 is 11.7 Å². The van der Waals surface area contributed by atoms with E-state index in [4.69, 9.17) is 25.2 Å². The summed E-state index contributed by atoms with van der Waals surface area (Å²) in [6.45, 7) is 1.18. The van der Waals surface area contributed by atoms with Crippen molar-refractivity contribution in [3.8, 4) is 17.5 Å². The molecule has 0 saturated carbocycles. The van der Waals surface area contributed by atoms with Gasteiger partial charge in [-0.05, 0) is 12.1 Å². The van der Waals surface area contributed by atoms with Crippen LogP contribution in [0.3, 0.4) is 0 Å². The smallest absolute Gasteiger partial charge is 0.357 e. The van der Waals surface area contributed by atoms with Crippen LogP contribution in [0.2, 0.25) is 0 Å². The summed E-state index contributed by atoms with van der Waals surface area (Å²) in [5.41, 5.74) is 6.24. The van der Waals surface area contributed by atoms with E-state index in [0.717, 1.165) is 0 Å². The third kappa shape index (κ3) is 3.34. The van der Waals surface area contributed by atoms with Gasteiger partial charge in [0, 0.05) is 30.8 Å². The topological polar surface area (TPSA) is 99.5 Å². The number of carbonyl (C=O) groups excluding carboxylic acids is 1. The van der Waals surface area contributed by atoms with Crippen LogP contribution >= 0.6 is 0 Å². The molecule has 2 aromatic rings.